The summed E-state index contributed by atoms with van der Waals surface area (Å²) in [5, 5.41) is 0. The summed E-state index contributed by atoms with van der Waals surface area (Å²) in [4.78, 5) is 10.8. The summed E-state index contributed by atoms with van der Waals surface area (Å²) >= 11 is 0. The van der Waals surface area contributed by atoms with Crippen LogP contribution in [-0.2, 0) is 9.53 Å². The fourth-order valence-corrected chi connectivity index (χ4v) is 1.14. The van der Waals surface area contributed by atoms with Crippen molar-refractivity contribution in [3.05, 3.63) is 6.42 Å². The second-order valence-corrected chi connectivity index (χ2v) is 2.32. The largest absolute Gasteiger partial charge is 0.469 e. The predicted octanol–water partition coefficient (Wildman–Crippen LogP) is 1.16. The van der Waals surface area contributed by atoms with Crippen LogP contribution < -0.4 is 0 Å². The third kappa shape index (κ3) is 1.44. The second-order valence-electron chi connectivity index (χ2n) is 2.32. The van der Waals surface area contributed by atoms with Crippen molar-refractivity contribution in [3.8, 4) is 0 Å². The Morgan fingerprint density at radius 1 is 1.78 bits per heavy atom. The minimum absolute atomic E-state index is 0.0521. The van der Waals surface area contributed by atoms with Crippen LogP contribution in [0.4, 0.5) is 0 Å². The summed E-state index contributed by atoms with van der Waals surface area (Å²) < 4.78 is 4.58. The highest BCUT2D eigenvalue weighted by atomic mass is 16.5. The van der Waals surface area contributed by atoms with Gasteiger partial charge in [-0.15, -0.1) is 0 Å². The van der Waals surface area contributed by atoms with Gasteiger partial charge >= 0.3 is 5.97 Å². The standard InChI is InChI=1S/C7H11O2/c1-9-7(8)6-4-2-3-5-6/h2,6H,3-5H2,1H3. The van der Waals surface area contributed by atoms with Gasteiger partial charge in [-0.2, -0.15) is 0 Å². The van der Waals surface area contributed by atoms with Gasteiger partial charge in [0, 0.05) is 0 Å². The molecule has 0 aliphatic heterocycles. The van der Waals surface area contributed by atoms with Crippen LogP contribution in [0.3, 0.4) is 0 Å². The van der Waals surface area contributed by atoms with Crippen molar-refractivity contribution >= 4 is 5.97 Å². The molecule has 9 heavy (non-hydrogen) atoms. The van der Waals surface area contributed by atoms with Crippen LogP contribution in [0.5, 0.6) is 0 Å². The molecule has 1 aliphatic rings. The highest BCUT2D eigenvalue weighted by Crippen LogP contribution is 2.24. The van der Waals surface area contributed by atoms with Gasteiger partial charge in [-0.05, 0) is 25.7 Å². The van der Waals surface area contributed by atoms with Gasteiger partial charge in [-0.25, -0.2) is 0 Å². The molecule has 0 amide bonds. The van der Waals surface area contributed by atoms with Gasteiger partial charge in [0.15, 0.2) is 0 Å². The Kier molecular flexibility index (Phi) is 2.09. The molecule has 2 heteroatoms. The summed E-state index contributed by atoms with van der Waals surface area (Å²) in [5.74, 6) is 0.110. The average molecular weight is 127 g/mol. The van der Waals surface area contributed by atoms with Crippen molar-refractivity contribution in [2.75, 3.05) is 7.11 Å². The summed E-state index contributed by atoms with van der Waals surface area (Å²) in [6.07, 6.45) is 5.10. The van der Waals surface area contributed by atoms with E-state index < -0.39 is 0 Å². The summed E-state index contributed by atoms with van der Waals surface area (Å²) in [6, 6.07) is 0. The van der Waals surface area contributed by atoms with Crippen LogP contribution in [0.1, 0.15) is 19.3 Å². The van der Waals surface area contributed by atoms with Gasteiger partial charge in [-0.1, -0.05) is 0 Å². The third-order valence-corrected chi connectivity index (χ3v) is 1.70. The number of hydrogen-bond acceptors (Lipinski definition) is 2. The molecule has 2 nitrogen and oxygen atoms in total. The lowest BCUT2D eigenvalue weighted by molar-refractivity contribution is -0.145. The average Bonchev–Trinajstić information content (AvgIpc) is 2.37. The fourth-order valence-electron chi connectivity index (χ4n) is 1.14. The van der Waals surface area contributed by atoms with E-state index in [1.54, 1.807) is 0 Å². The molecule has 1 aliphatic carbocycles. The molecule has 1 radical (unpaired) electrons. The molecule has 0 saturated heterocycles. The highest BCUT2D eigenvalue weighted by molar-refractivity contribution is 5.72. The van der Waals surface area contributed by atoms with Gasteiger partial charge in [0.25, 0.3) is 0 Å². The number of hydrogen-bond donors (Lipinski definition) is 0. The van der Waals surface area contributed by atoms with Crippen LogP contribution >= 0.6 is 0 Å². The van der Waals surface area contributed by atoms with Crippen molar-refractivity contribution in [1.29, 1.82) is 0 Å². The molecule has 0 aromatic carbocycles. The van der Waals surface area contributed by atoms with Crippen LogP contribution in [0.15, 0.2) is 0 Å². The first-order valence-corrected chi connectivity index (χ1v) is 3.24. The monoisotopic (exact) mass is 127 g/mol. The Morgan fingerprint density at radius 3 is 3.00 bits per heavy atom. The first-order valence-electron chi connectivity index (χ1n) is 3.24. The number of esters is 1. The molecule has 0 aromatic rings. The van der Waals surface area contributed by atoms with E-state index in [1.165, 1.54) is 7.11 Å². The van der Waals surface area contributed by atoms with Gasteiger partial charge in [0.05, 0.1) is 13.0 Å². The second kappa shape index (κ2) is 2.85. The van der Waals surface area contributed by atoms with Gasteiger partial charge in [-0.3, -0.25) is 4.79 Å². The number of carbonyl (C=O) groups excluding carboxylic acids is 1. The molecular formula is C7H11O2. The zero-order chi connectivity index (χ0) is 6.69. The minimum atomic E-state index is -0.0521. The molecule has 1 fully saturated rings. The topological polar surface area (TPSA) is 26.3 Å². The van der Waals surface area contributed by atoms with E-state index in [9.17, 15) is 4.79 Å². The van der Waals surface area contributed by atoms with Crippen LogP contribution in [-0.4, -0.2) is 13.1 Å². The molecular weight excluding hydrogens is 116 g/mol. The molecule has 1 unspecified atom stereocenters. The summed E-state index contributed by atoms with van der Waals surface area (Å²) in [6.45, 7) is 0. The Hall–Kier alpha value is -0.530. The van der Waals surface area contributed by atoms with Crippen LogP contribution in [0.2, 0.25) is 0 Å². The van der Waals surface area contributed by atoms with Gasteiger partial charge in [0.1, 0.15) is 0 Å². The van der Waals surface area contributed by atoms with E-state index in [-0.39, 0.29) is 11.9 Å². The molecule has 1 atom stereocenters. The van der Waals surface area contributed by atoms with E-state index in [0.717, 1.165) is 19.3 Å². The number of methoxy groups -OCH3 is 1. The van der Waals surface area contributed by atoms with Gasteiger partial charge < -0.3 is 4.74 Å². The van der Waals surface area contributed by atoms with Gasteiger partial charge in [0.2, 0.25) is 0 Å². The lowest BCUT2D eigenvalue weighted by Crippen LogP contribution is -2.11. The molecule has 0 spiro atoms. The molecule has 0 heterocycles. The molecule has 1 rings (SSSR count). The van der Waals surface area contributed by atoms with Crippen LogP contribution in [0.25, 0.3) is 0 Å². The Balaban J connectivity index is 2.32. The van der Waals surface area contributed by atoms with Crippen molar-refractivity contribution in [1.82, 2.24) is 0 Å². The molecule has 1 saturated carbocycles. The maximum atomic E-state index is 10.8. The smallest absolute Gasteiger partial charge is 0.308 e. The third-order valence-electron chi connectivity index (χ3n) is 1.70. The van der Waals surface area contributed by atoms with E-state index in [1.807, 2.05) is 0 Å². The SMILES string of the molecule is COC(=O)C1C[CH]CC1. The molecule has 0 N–H and O–H groups in total. The van der Waals surface area contributed by atoms with E-state index in [0.29, 0.717) is 0 Å². The first-order chi connectivity index (χ1) is 4.34. The predicted molar refractivity (Wildman–Crippen MR) is 33.7 cm³/mol. The Morgan fingerprint density at radius 2 is 2.56 bits per heavy atom. The molecule has 0 aromatic heterocycles. The number of carbonyl (C=O) groups is 1. The maximum Gasteiger partial charge on any atom is 0.308 e. The summed E-state index contributed by atoms with van der Waals surface area (Å²) in [5.41, 5.74) is 0. The lowest BCUT2D eigenvalue weighted by atomic mass is 10.1. The zero-order valence-corrected chi connectivity index (χ0v) is 5.59. The quantitative estimate of drug-likeness (QED) is 0.494. The summed E-state index contributed by atoms with van der Waals surface area (Å²) in [7, 11) is 1.45. The van der Waals surface area contributed by atoms with E-state index >= 15 is 0 Å². The van der Waals surface area contributed by atoms with E-state index in [4.69, 9.17) is 0 Å². The minimum Gasteiger partial charge on any atom is -0.469 e. The normalized spacial score (nSPS) is 20.1. The Labute approximate surface area is 55.2 Å². The van der Waals surface area contributed by atoms with Crippen LogP contribution in [0, 0.1) is 12.3 Å². The molecule has 51 valence electrons. The molecule has 0 bridgehead atoms. The number of rotatable bonds is 1. The highest BCUT2D eigenvalue weighted by Gasteiger charge is 2.22. The maximum absolute atomic E-state index is 10.8. The van der Waals surface area contributed by atoms with E-state index in [2.05, 4.69) is 11.2 Å². The Bertz CT molecular complexity index is 103. The van der Waals surface area contributed by atoms with Crippen molar-refractivity contribution in [3.63, 3.8) is 0 Å². The number of ether oxygens (including phenoxy) is 1. The first kappa shape index (κ1) is 6.59. The lowest BCUT2D eigenvalue weighted by Gasteiger charge is -2.03. The fraction of sp³-hybridized carbons (Fsp3) is 0.714. The van der Waals surface area contributed by atoms with Crippen molar-refractivity contribution in [2.45, 2.75) is 19.3 Å². The zero-order valence-electron chi connectivity index (χ0n) is 5.59. The van der Waals surface area contributed by atoms with Crippen molar-refractivity contribution < 1.29 is 9.53 Å². The van der Waals surface area contributed by atoms with Crippen molar-refractivity contribution in [2.24, 2.45) is 5.92 Å².